The zero-order chi connectivity index (χ0) is 12.1. The minimum Gasteiger partial charge on any atom is -0.481 e. The van der Waals surface area contributed by atoms with E-state index in [2.05, 4.69) is 10.6 Å². The lowest BCUT2D eigenvalue weighted by Gasteiger charge is -2.28. The summed E-state index contributed by atoms with van der Waals surface area (Å²) in [6.45, 7) is -0.196. The van der Waals surface area contributed by atoms with Crippen LogP contribution in [0.4, 0.5) is 0 Å². The summed E-state index contributed by atoms with van der Waals surface area (Å²) in [7, 11) is 0. The van der Waals surface area contributed by atoms with Gasteiger partial charge in [0.05, 0.1) is 0 Å². The van der Waals surface area contributed by atoms with E-state index in [-0.39, 0.29) is 31.8 Å². The Morgan fingerprint density at radius 1 is 1.12 bits per heavy atom. The predicted molar refractivity (Wildman–Crippen MR) is 52.4 cm³/mol. The fourth-order valence-corrected chi connectivity index (χ4v) is 1.48. The van der Waals surface area contributed by atoms with Crippen LogP contribution in [0.3, 0.4) is 0 Å². The highest BCUT2D eigenvalue weighted by atomic mass is 16.4. The van der Waals surface area contributed by atoms with Crippen LogP contribution in [0.25, 0.3) is 0 Å². The SMILES string of the molecule is O=C(O)CCC1NC(=O)C(CCO)NC1=O. The molecule has 0 aromatic rings. The second-order valence-corrected chi connectivity index (χ2v) is 3.57. The lowest BCUT2D eigenvalue weighted by atomic mass is 10.0. The van der Waals surface area contributed by atoms with Crippen molar-refractivity contribution < 1.29 is 24.6 Å². The van der Waals surface area contributed by atoms with Gasteiger partial charge in [-0.1, -0.05) is 0 Å². The molecule has 7 nitrogen and oxygen atoms in total. The van der Waals surface area contributed by atoms with Gasteiger partial charge in [0.25, 0.3) is 0 Å². The van der Waals surface area contributed by atoms with Crippen LogP contribution in [0, 0.1) is 0 Å². The summed E-state index contributed by atoms with van der Waals surface area (Å²) < 4.78 is 0. The van der Waals surface area contributed by atoms with Gasteiger partial charge in [0.2, 0.25) is 11.8 Å². The second-order valence-electron chi connectivity index (χ2n) is 3.57. The smallest absolute Gasteiger partial charge is 0.303 e. The van der Waals surface area contributed by atoms with Crippen LogP contribution < -0.4 is 10.6 Å². The second kappa shape index (κ2) is 5.45. The highest BCUT2D eigenvalue weighted by Gasteiger charge is 2.32. The van der Waals surface area contributed by atoms with Gasteiger partial charge in [0.1, 0.15) is 12.1 Å². The number of hydrogen-bond acceptors (Lipinski definition) is 4. The topological polar surface area (TPSA) is 116 Å². The standard InChI is InChI=1S/C9H14N2O5/c12-4-3-6-9(16)10-5(8(15)11-6)1-2-7(13)14/h5-6,12H,1-4H2,(H,10,16)(H,11,15)(H,13,14). The van der Waals surface area contributed by atoms with Crippen LogP contribution in [0.1, 0.15) is 19.3 Å². The molecule has 1 fully saturated rings. The van der Waals surface area contributed by atoms with Gasteiger partial charge in [-0.15, -0.1) is 0 Å². The van der Waals surface area contributed by atoms with Crippen LogP contribution in [0.15, 0.2) is 0 Å². The fourth-order valence-electron chi connectivity index (χ4n) is 1.48. The molecule has 0 saturated carbocycles. The number of aliphatic hydroxyl groups is 1. The largest absolute Gasteiger partial charge is 0.481 e. The molecule has 0 aliphatic carbocycles. The van der Waals surface area contributed by atoms with E-state index < -0.39 is 24.0 Å². The maximum Gasteiger partial charge on any atom is 0.303 e. The molecule has 16 heavy (non-hydrogen) atoms. The molecule has 2 unspecified atom stereocenters. The van der Waals surface area contributed by atoms with Crippen molar-refractivity contribution in [2.24, 2.45) is 0 Å². The van der Waals surface area contributed by atoms with E-state index in [1.165, 1.54) is 0 Å². The molecular formula is C9H14N2O5. The van der Waals surface area contributed by atoms with Crippen LogP contribution in [-0.2, 0) is 14.4 Å². The highest BCUT2D eigenvalue weighted by Crippen LogP contribution is 2.06. The van der Waals surface area contributed by atoms with Crippen molar-refractivity contribution >= 4 is 17.8 Å². The van der Waals surface area contributed by atoms with E-state index >= 15 is 0 Å². The number of carboxylic acid groups (broad SMARTS) is 1. The number of aliphatic hydroxyl groups excluding tert-OH is 1. The number of nitrogens with one attached hydrogen (secondary N) is 2. The maximum atomic E-state index is 11.4. The Bertz CT molecular complexity index is 304. The minimum absolute atomic E-state index is 0.0682. The van der Waals surface area contributed by atoms with E-state index in [0.29, 0.717) is 0 Å². The van der Waals surface area contributed by atoms with E-state index in [9.17, 15) is 14.4 Å². The summed E-state index contributed by atoms with van der Waals surface area (Å²) in [5.74, 6) is -1.80. The number of hydrogen-bond donors (Lipinski definition) is 4. The summed E-state index contributed by atoms with van der Waals surface area (Å²) in [6.07, 6.45) is 0.0466. The van der Waals surface area contributed by atoms with Gasteiger partial charge in [0, 0.05) is 13.0 Å². The minimum atomic E-state index is -1.01. The quantitative estimate of drug-likeness (QED) is 0.445. The fraction of sp³-hybridized carbons (Fsp3) is 0.667. The molecule has 1 heterocycles. The normalized spacial score (nSPS) is 24.8. The van der Waals surface area contributed by atoms with Crippen molar-refractivity contribution in [2.75, 3.05) is 6.61 Å². The third-order valence-electron chi connectivity index (χ3n) is 2.33. The van der Waals surface area contributed by atoms with Crippen molar-refractivity contribution in [1.82, 2.24) is 10.6 Å². The number of piperazine rings is 1. The zero-order valence-electron chi connectivity index (χ0n) is 8.60. The van der Waals surface area contributed by atoms with Gasteiger partial charge in [-0.3, -0.25) is 14.4 Å². The van der Waals surface area contributed by atoms with E-state index in [1.807, 2.05) is 0 Å². The average molecular weight is 230 g/mol. The molecule has 1 rings (SSSR count). The van der Waals surface area contributed by atoms with Crippen molar-refractivity contribution in [3.8, 4) is 0 Å². The van der Waals surface area contributed by atoms with Crippen molar-refractivity contribution in [3.63, 3.8) is 0 Å². The first-order valence-corrected chi connectivity index (χ1v) is 4.98. The molecule has 1 aliphatic heterocycles. The number of amides is 2. The number of carboxylic acids is 1. The molecule has 90 valence electrons. The number of aliphatic carboxylic acids is 1. The summed E-state index contributed by atoms with van der Waals surface area (Å²) >= 11 is 0. The molecule has 0 aromatic heterocycles. The van der Waals surface area contributed by atoms with E-state index in [4.69, 9.17) is 10.2 Å². The first kappa shape index (κ1) is 12.4. The zero-order valence-corrected chi connectivity index (χ0v) is 8.60. The first-order chi connectivity index (χ1) is 7.54. The van der Waals surface area contributed by atoms with Crippen molar-refractivity contribution in [1.29, 1.82) is 0 Å². The third kappa shape index (κ3) is 3.20. The van der Waals surface area contributed by atoms with Crippen molar-refractivity contribution in [3.05, 3.63) is 0 Å². The van der Waals surface area contributed by atoms with Crippen LogP contribution in [-0.4, -0.2) is 46.7 Å². The Kier molecular flexibility index (Phi) is 4.24. The molecule has 0 radical (unpaired) electrons. The molecule has 7 heteroatoms. The summed E-state index contributed by atoms with van der Waals surface area (Å²) in [5, 5.41) is 22.0. The molecule has 2 amide bonds. The summed E-state index contributed by atoms with van der Waals surface area (Å²) in [4.78, 5) is 33.2. The van der Waals surface area contributed by atoms with Crippen LogP contribution in [0.5, 0.6) is 0 Å². The van der Waals surface area contributed by atoms with Gasteiger partial charge >= 0.3 is 5.97 Å². The predicted octanol–water partition coefficient (Wildman–Crippen LogP) is -1.78. The molecule has 1 aliphatic rings. The molecule has 0 bridgehead atoms. The van der Waals surface area contributed by atoms with Gasteiger partial charge in [-0.25, -0.2) is 0 Å². The van der Waals surface area contributed by atoms with Gasteiger partial charge < -0.3 is 20.8 Å². The van der Waals surface area contributed by atoms with Crippen molar-refractivity contribution in [2.45, 2.75) is 31.3 Å². The Morgan fingerprint density at radius 3 is 2.06 bits per heavy atom. The number of carbonyl (C=O) groups is 3. The first-order valence-electron chi connectivity index (χ1n) is 4.98. The van der Waals surface area contributed by atoms with Crippen LogP contribution in [0.2, 0.25) is 0 Å². The number of rotatable bonds is 5. The molecule has 0 aromatic carbocycles. The Hall–Kier alpha value is -1.63. The third-order valence-corrected chi connectivity index (χ3v) is 2.33. The Balaban J connectivity index is 2.50. The summed E-state index contributed by atoms with van der Waals surface area (Å²) in [6, 6.07) is -1.52. The average Bonchev–Trinajstić information content (AvgIpc) is 2.21. The van der Waals surface area contributed by atoms with E-state index in [1.54, 1.807) is 0 Å². The van der Waals surface area contributed by atoms with Gasteiger partial charge in [0.15, 0.2) is 0 Å². The lowest BCUT2D eigenvalue weighted by Crippen LogP contribution is -2.61. The summed E-state index contributed by atoms with van der Waals surface area (Å²) in [5.41, 5.74) is 0. The highest BCUT2D eigenvalue weighted by molar-refractivity contribution is 5.97. The van der Waals surface area contributed by atoms with Gasteiger partial charge in [-0.05, 0) is 12.8 Å². The molecule has 0 spiro atoms. The lowest BCUT2D eigenvalue weighted by molar-refractivity contribution is -0.140. The van der Waals surface area contributed by atoms with Crippen LogP contribution >= 0.6 is 0 Å². The molecule has 4 N–H and O–H groups in total. The Morgan fingerprint density at radius 2 is 1.62 bits per heavy atom. The molecular weight excluding hydrogens is 216 g/mol. The van der Waals surface area contributed by atoms with Gasteiger partial charge in [-0.2, -0.15) is 0 Å². The maximum absolute atomic E-state index is 11.4. The molecule has 2 atom stereocenters. The molecule has 1 saturated heterocycles. The number of carbonyl (C=O) groups excluding carboxylic acids is 2. The Labute approximate surface area is 91.8 Å². The monoisotopic (exact) mass is 230 g/mol. The van der Waals surface area contributed by atoms with E-state index in [0.717, 1.165) is 0 Å².